The number of esters is 1. The van der Waals surface area contributed by atoms with Gasteiger partial charge in [-0.15, -0.1) is 0 Å². The van der Waals surface area contributed by atoms with Crippen molar-refractivity contribution in [1.82, 2.24) is 5.32 Å². The van der Waals surface area contributed by atoms with E-state index >= 15 is 0 Å². The Morgan fingerprint density at radius 1 is 0.440 bits per heavy atom. The topological polar surface area (TPSA) is 175 Å². The summed E-state index contributed by atoms with van der Waals surface area (Å²) in [7, 11) is 0. The molecule has 6 N–H and O–H groups in total. The van der Waals surface area contributed by atoms with Crippen molar-refractivity contribution in [2.45, 2.75) is 397 Å². The Labute approximate surface area is 517 Å². The number of rotatable bonds is 64. The van der Waals surface area contributed by atoms with Crippen molar-refractivity contribution in [1.29, 1.82) is 0 Å². The lowest BCUT2D eigenvalue weighted by molar-refractivity contribution is -0.302. The van der Waals surface area contributed by atoms with Crippen LogP contribution in [0.5, 0.6) is 0 Å². The van der Waals surface area contributed by atoms with Crippen molar-refractivity contribution < 1.29 is 49.3 Å². The van der Waals surface area contributed by atoms with Gasteiger partial charge in [-0.05, 0) is 51.4 Å². The molecule has 0 aliphatic carbocycles. The molecule has 1 amide bonds. The number of carbonyl (C=O) groups is 2. The van der Waals surface area contributed by atoms with Crippen LogP contribution >= 0.6 is 0 Å². The van der Waals surface area contributed by atoms with Crippen LogP contribution in [0.15, 0.2) is 36.5 Å². The Bertz CT molecular complexity index is 1490. The normalized spacial score (nSPS) is 18.2. The maximum Gasteiger partial charge on any atom is 0.305 e. The molecule has 7 atom stereocenters. The molecular formula is C73H137NO10. The van der Waals surface area contributed by atoms with E-state index in [4.69, 9.17) is 14.2 Å². The minimum atomic E-state index is -1.58. The quantitative estimate of drug-likeness (QED) is 0.0195. The van der Waals surface area contributed by atoms with Crippen LogP contribution in [0.1, 0.15) is 354 Å². The van der Waals surface area contributed by atoms with Crippen molar-refractivity contribution in [2.24, 2.45) is 0 Å². The van der Waals surface area contributed by atoms with Gasteiger partial charge in [0.1, 0.15) is 24.4 Å². The molecule has 0 spiro atoms. The summed E-state index contributed by atoms with van der Waals surface area (Å²) in [5.74, 6) is -0.177. The molecule has 1 aliphatic rings. The molecule has 0 aromatic rings. The summed E-state index contributed by atoms with van der Waals surface area (Å²) in [6, 6.07) is -0.829. The van der Waals surface area contributed by atoms with Gasteiger partial charge in [0.2, 0.25) is 5.91 Å². The van der Waals surface area contributed by atoms with Gasteiger partial charge >= 0.3 is 5.97 Å². The third-order valence-corrected chi connectivity index (χ3v) is 17.2. The number of hydrogen-bond acceptors (Lipinski definition) is 10. The average molecular weight is 1190 g/mol. The second-order valence-corrected chi connectivity index (χ2v) is 25.3. The van der Waals surface area contributed by atoms with E-state index in [0.717, 1.165) is 64.2 Å². The number of aliphatic hydroxyl groups is 5. The van der Waals surface area contributed by atoms with E-state index < -0.39 is 49.5 Å². The van der Waals surface area contributed by atoms with E-state index in [1.54, 1.807) is 6.08 Å². The second kappa shape index (κ2) is 62.5. The maximum absolute atomic E-state index is 13.0. The first kappa shape index (κ1) is 79.9. The molecule has 1 aliphatic heterocycles. The largest absolute Gasteiger partial charge is 0.466 e. The summed E-state index contributed by atoms with van der Waals surface area (Å²) in [6.45, 7) is 4.24. The molecule has 84 heavy (non-hydrogen) atoms. The molecule has 0 aromatic carbocycles. The summed E-state index contributed by atoms with van der Waals surface area (Å²) < 4.78 is 16.7. The highest BCUT2D eigenvalue weighted by molar-refractivity contribution is 5.76. The molecule has 494 valence electrons. The van der Waals surface area contributed by atoms with Crippen LogP contribution in [0.25, 0.3) is 0 Å². The number of amides is 1. The van der Waals surface area contributed by atoms with Crippen molar-refractivity contribution in [3.05, 3.63) is 36.5 Å². The second-order valence-electron chi connectivity index (χ2n) is 25.3. The van der Waals surface area contributed by atoms with Gasteiger partial charge in [-0.3, -0.25) is 9.59 Å². The van der Waals surface area contributed by atoms with Gasteiger partial charge in [0, 0.05) is 12.8 Å². The maximum atomic E-state index is 13.0. The van der Waals surface area contributed by atoms with Crippen LogP contribution in [0.3, 0.4) is 0 Å². The monoisotopic (exact) mass is 1190 g/mol. The van der Waals surface area contributed by atoms with Crippen molar-refractivity contribution in [2.75, 3.05) is 19.8 Å². The molecule has 0 bridgehead atoms. The third kappa shape index (κ3) is 50.8. The fourth-order valence-corrected chi connectivity index (χ4v) is 11.6. The summed E-state index contributed by atoms with van der Waals surface area (Å²) in [5.41, 5.74) is 0. The SMILES string of the molecule is CC/C=C/CC/C=C/CC/C=C/C(O)C(COC1OC(CO)C(O)C(O)C1O)NC(=O)CCCCCCCCCCCCCCCCCCCCCCCCCCCCCCCCCCCCCOC(=O)CCCCCCCCCCCCC. The van der Waals surface area contributed by atoms with Crippen molar-refractivity contribution in [3.63, 3.8) is 0 Å². The number of hydrogen-bond donors (Lipinski definition) is 6. The van der Waals surface area contributed by atoms with Gasteiger partial charge in [-0.2, -0.15) is 0 Å². The Morgan fingerprint density at radius 3 is 1.17 bits per heavy atom. The standard InChI is InChI=1S/C73H137NO10/c1-3-5-7-9-11-13-40-45-49-53-57-61-69(78)82-62-58-54-50-46-42-39-37-35-33-31-29-27-25-23-21-19-17-15-16-18-20-22-24-26-28-30-32-34-36-38-41-44-48-52-56-60-68(77)74-65(64-83-73-72(81)71(80)70(79)67(63-75)84-73)66(76)59-55-51-47-43-14-12-10-8-6-4-2/h6,8,14,43,55,59,65-67,70-73,75-76,79-81H,3-5,7,9-13,15-42,44-54,56-58,60-64H2,1-2H3,(H,74,77)/b8-6+,43-14+,59-55+. The predicted octanol–water partition coefficient (Wildman–Crippen LogP) is 18.6. The first-order valence-electron chi connectivity index (χ1n) is 36.3. The zero-order chi connectivity index (χ0) is 60.9. The average Bonchev–Trinajstić information content (AvgIpc) is 3.69. The fourth-order valence-electron chi connectivity index (χ4n) is 11.6. The zero-order valence-electron chi connectivity index (χ0n) is 54.9. The highest BCUT2D eigenvalue weighted by atomic mass is 16.7. The summed E-state index contributed by atoms with van der Waals surface area (Å²) in [6.07, 6.45) is 70.4. The highest BCUT2D eigenvalue weighted by Gasteiger charge is 2.44. The molecule has 7 unspecified atom stereocenters. The lowest BCUT2D eigenvalue weighted by Gasteiger charge is -2.40. The van der Waals surface area contributed by atoms with Gasteiger partial charge in [0.15, 0.2) is 6.29 Å². The molecule has 11 nitrogen and oxygen atoms in total. The number of aliphatic hydroxyl groups excluding tert-OH is 5. The zero-order valence-corrected chi connectivity index (χ0v) is 54.9. The van der Waals surface area contributed by atoms with Crippen LogP contribution in [0, 0.1) is 0 Å². The summed E-state index contributed by atoms with van der Waals surface area (Å²) in [4.78, 5) is 25.0. The Kier molecular flexibility index (Phi) is 59.4. The molecule has 11 heteroatoms. The third-order valence-electron chi connectivity index (χ3n) is 17.2. The van der Waals surface area contributed by atoms with E-state index in [-0.39, 0.29) is 18.5 Å². The molecule has 0 aromatic heterocycles. The molecule has 1 rings (SSSR count). The molecule has 1 saturated heterocycles. The van der Waals surface area contributed by atoms with Crippen molar-refractivity contribution in [3.8, 4) is 0 Å². The Balaban J connectivity index is 1.89. The van der Waals surface area contributed by atoms with E-state index in [0.29, 0.717) is 19.4 Å². The molecule has 1 heterocycles. The minimum Gasteiger partial charge on any atom is -0.466 e. The number of carbonyl (C=O) groups excluding carboxylic acids is 2. The number of nitrogens with one attached hydrogen (secondary N) is 1. The van der Waals surface area contributed by atoms with Crippen molar-refractivity contribution >= 4 is 11.9 Å². The lowest BCUT2D eigenvalue weighted by atomic mass is 9.99. The minimum absolute atomic E-state index is 0.0155. The summed E-state index contributed by atoms with van der Waals surface area (Å²) in [5, 5.41) is 54.3. The lowest BCUT2D eigenvalue weighted by Crippen LogP contribution is -2.60. The Morgan fingerprint density at radius 2 is 0.786 bits per heavy atom. The summed E-state index contributed by atoms with van der Waals surface area (Å²) >= 11 is 0. The first-order chi connectivity index (χ1) is 41.2. The van der Waals surface area contributed by atoms with E-state index in [1.807, 2.05) is 6.08 Å². The van der Waals surface area contributed by atoms with Crippen LogP contribution in [0.4, 0.5) is 0 Å². The Hall–Kier alpha value is -2.12. The van der Waals surface area contributed by atoms with Gasteiger partial charge in [-0.1, -0.05) is 326 Å². The number of unbranched alkanes of at least 4 members (excludes halogenated alkanes) is 46. The highest BCUT2D eigenvalue weighted by Crippen LogP contribution is 2.23. The van der Waals surface area contributed by atoms with Crippen LogP contribution in [-0.4, -0.2) is 100 Å². The molecule has 0 radical (unpaired) electrons. The van der Waals surface area contributed by atoms with Gasteiger partial charge in [0.05, 0.1) is 32.0 Å². The van der Waals surface area contributed by atoms with E-state index in [1.165, 1.54) is 263 Å². The predicted molar refractivity (Wildman–Crippen MR) is 352 cm³/mol. The van der Waals surface area contributed by atoms with E-state index in [2.05, 4.69) is 43.5 Å². The first-order valence-corrected chi connectivity index (χ1v) is 36.3. The fraction of sp³-hybridized carbons (Fsp3) is 0.890. The van der Waals surface area contributed by atoms with Crippen LogP contribution in [-0.2, 0) is 23.8 Å². The van der Waals surface area contributed by atoms with Gasteiger partial charge in [0.25, 0.3) is 0 Å². The smallest absolute Gasteiger partial charge is 0.305 e. The molecular weight excluding hydrogens is 1050 g/mol. The van der Waals surface area contributed by atoms with Gasteiger partial charge < -0.3 is 45.1 Å². The van der Waals surface area contributed by atoms with Crippen LogP contribution in [0.2, 0.25) is 0 Å². The number of allylic oxidation sites excluding steroid dienone is 5. The van der Waals surface area contributed by atoms with E-state index in [9.17, 15) is 35.1 Å². The number of ether oxygens (including phenoxy) is 3. The molecule has 1 fully saturated rings. The van der Waals surface area contributed by atoms with Crippen LogP contribution < -0.4 is 5.32 Å². The van der Waals surface area contributed by atoms with Gasteiger partial charge in [-0.25, -0.2) is 0 Å². The molecule has 0 saturated carbocycles.